The van der Waals surface area contributed by atoms with Gasteiger partial charge in [-0.05, 0) is 37.6 Å². The lowest BCUT2D eigenvalue weighted by molar-refractivity contribution is 0.102. The topological polar surface area (TPSA) is 31.2 Å². The number of alkyl halides is 1. The molecular formula is C16H18BrNO2. The van der Waals surface area contributed by atoms with E-state index in [1.807, 2.05) is 44.2 Å². The number of rotatable bonds is 5. The van der Waals surface area contributed by atoms with Gasteiger partial charge in [0.05, 0.1) is 12.4 Å². The van der Waals surface area contributed by atoms with Crippen LogP contribution in [0.4, 0.5) is 0 Å². The molecule has 0 saturated carbocycles. The largest absolute Gasteiger partial charge is 0.497 e. The smallest absolute Gasteiger partial charge is 0.175 e. The van der Waals surface area contributed by atoms with E-state index in [1.54, 1.807) is 7.11 Å². The van der Waals surface area contributed by atoms with Crippen molar-refractivity contribution in [2.24, 2.45) is 0 Å². The number of nitrogens with zero attached hydrogens (tertiary/aromatic N) is 1. The molecule has 1 aromatic carbocycles. The van der Waals surface area contributed by atoms with Gasteiger partial charge < -0.3 is 9.30 Å². The lowest BCUT2D eigenvalue weighted by atomic mass is 10.2. The van der Waals surface area contributed by atoms with Crippen molar-refractivity contribution >= 4 is 21.7 Å². The maximum atomic E-state index is 11.9. The van der Waals surface area contributed by atoms with Crippen molar-refractivity contribution in [2.75, 3.05) is 12.4 Å². The first-order valence-electron chi connectivity index (χ1n) is 6.45. The zero-order chi connectivity index (χ0) is 14.7. The number of carbonyl (C=O) groups is 1. The van der Waals surface area contributed by atoms with Gasteiger partial charge in [-0.15, -0.1) is 0 Å². The maximum absolute atomic E-state index is 11.9. The Hall–Kier alpha value is -1.55. The Kier molecular flexibility index (Phi) is 4.65. The maximum Gasteiger partial charge on any atom is 0.175 e. The van der Waals surface area contributed by atoms with Gasteiger partial charge >= 0.3 is 0 Å². The summed E-state index contributed by atoms with van der Waals surface area (Å²) >= 11 is 3.23. The van der Waals surface area contributed by atoms with Crippen LogP contribution >= 0.6 is 15.9 Å². The molecule has 2 rings (SSSR count). The van der Waals surface area contributed by atoms with E-state index in [9.17, 15) is 4.79 Å². The van der Waals surface area contributed by atoms with Crippen LogP contribution in [-0.4, -0.2) is 22.8 Å². The zero-order valence-electron chi connectivity index (χ0n) is 11.9. The molecule has 0 N–H and O–H groups in total. The minimum Gasteiger partial charge on any atom is -0.497 e. The van der Waals surface area contributed by atoms with Gasteiger partial charge in [0.2, 0.25) is 0 Å². The van der Waals surface area contributed by atoms with Gasteiger partial charge in [-0.3, -0.25) is 4.79 Å². The van der Waals surface area contributed by atoms with E-state index in [4.69, 9.17) is 4.74 Å². The Morgan fingerprint density at radius 2 is 1.90 bits per heavy atom. The number of methoxy groups -OCH3 is 1. The molecule has 0 bridgehead atoms. The van der Waals surface area contributed by atoms with Gasteiger partial charge in [0.1, 0.15) is 5.75 Å². The molecule has 3 nitrogen and oxygen atoms in total. The number of ketones is 1. The second-order valence-electron chi connectivity index (χ2n) is 4.78. The van der Waals surface area contributed by atoms with Crippen LogP contribution in [0.5, 0.6) is 5.75 Å². The molecule has 0 atom stereocenters. The predicted octanol–water partition coefficient (Wildman–Crippen LogP) is 3.74. The summed E-state index contributed by atoms with van der Waals surface area (Å²) in [6.07, 6.45) is 0. The van der Waals surface area contributed by atoms with Gasteiger partial charge in [-0.2, -0.15) is 0 Å². The van der Waals surface area contributed by atoms with Crippen LogP contribution in [0.3, 0.4) is 0 Å². The average Bonchev–Trinajstić information content (AvgIpc) is 2.75. The number of benzene rings is 1. The van der Waals surface area contributed by atoms with Crippen LogP contribution in [-0.2, 0) is 6.54 Å². The number of hydrogen-bond donors (Lipinski definition) is 0. The molecule has 0 unspecified atom stereocenters. The highest BCUT2D eigenvalue weighted by molar-refractivity contribution is 9.09. The van der Waals surface area contributed by atoms with Crippen molar-refractivity contribution in [3.05, 3.63) is 52.8 Å². The fraction of sp³-hybridized carbons (Fsp3) is 0.312. The van der Waals surface area contributed by atoms with Gasteiger partial charge in [-0.1, -0.05) is 28.1 Å². The van der Waals surface area contributed by atoms with Crippen LogP contribution in [0, 0.1) is 13.8 Å². The van der Waals surface area contributed by atoms with E-state index in [0.29, 0.717) is 5.33 Å². The Balaban J connectivity index is 2.28. The highest BCUT2D eigenvalue weighted by atomic mass is 79.9. The summed E-state index contributed by atoms with van der Waals surface area (Å²) in [4.78, 5) is 11.9. The fourth-order valence-corrected chi connectivity index (χ4v) is 2.61. The molecule has 0 amide bonds. The summed E-state index contributed by atoms with van der Waals surface area (Å²) in [5, 5.41) is 0.361. The van der Waals surface area contributed by atoms with Crippen LogP contribution in [0.25, 0.3) is 0 Å². The third-order valence-electron chi connectivity index (χ3n) is 3.50. The lowest BCUT2D eigenvalue weighted by Gasteiger charge is -2.10. The molecule has 0 saturated heterocycles. The molecule has 2 aromatic rings. The number of aromatic nitrogens is 1. The van der Waals surface area contributed by atoms with E-state index in [1.165, 1.54) is 5.56 Å². The average molecular weight is 336 g/mol. The first-order chi connectivity index (χ1) is 9.56. The molecule has 0 aliphatic heterocycles. The van der Waals surface area contributed by atoms with Crippen molar-refractivity contribution in [1.29, 1.82) is 0 Å². The molecule has 4 heteroatoms. The van der Waals surface area contributed by atoms with Gasteiger partial charge in [0, 0.05) is 23.5 Å². The quantitative estimate of drug-likeness (QED) is 0.615. The van der Waals surface area contributed by atoms with Crippen molar-refractivity contribution in [1.82, 2.24) is 4.57 Å². The molecule has 0 fully saturated rings. The summed E-state index contributed by atoms with van der Waals surface area (Å²) in [7, 11) is 1.66. The van der Waals surface area contributed by atoms with Crippen molar-refractivity contribution in [3.63, 3.8) is 0 Å². The SMILES string of the molecule is COc1ccc(Cn2c(C)cc(C(=O)CBr)c2C)cc1. The van der Waals surface area contributed by atoms with Crippen molar-refractivity contribution in [2.45, 2.75) is 20.4 Å². The van der Waals surface area contributed by atoms with Gasteiger partial charge in [-0.25, -0.2) is 0 Å². The summed E-state index contributed by atoms with van der Waals surface area (Å²) in [6, 6.07) is 9.96. The highest BCUT2D eigenvalue weighted by Crippen LogP contribution is 2.19. The van der Waals surface area contributed by atoms with E-state index in [2.05, 4.69) is 20.5 Å². The minimum absolute atomic E-state index is 0.124. The molecule has 1 aromatic heterocycles. The number of halogens is 1. The monoisotopic (exact) mass is 335 g/mol. The van der Waals surface area contributed by atoms with Crippen LogP contribution in [0.1, 0.15) is 27.3 Å². The first kappa shape index (κ1) is 14.9. The lowest BCUT2D eigenvalue weighted by Crippen LogP contribution is -2.06. The number of hydrogen-bond acceptors (Lipinski definition) is 2. The Morgan fingerprint density at radius 3 is 2.45 bits per heavy atom. The third kappa shape index (κ3) is 2.96. The standard InChI is InChI=1S/C16H18BrNO2/c1-11-8-15(16(19)9-17)12(2)18(11)10-13-4-6-14(20-3)7-5-13/h4-8H,9-10H2,1-3H3. The van der Waals surface area contributed by atoms with E-state index in [0.717, 1.165) is 29.2 Å². The Morgan fingerprint density at radius 1 is 1.25 bits per heavy atom. The summed E-state index contributed by atoms with van der Waals surface area (Å²) in [6.45, 7) is 4.78. The molecule has 106 valence electrons. The van der Waals surface area contributed by atoms with Gasteiger partial charge in [0.15, 0.2) is 5.78 Å². The highest BCUT2D eigenvalue weighted by Gasteiger charge is 2.14. The Bertz CT molecular complexity index is 614. The fourth-order valence-electron chi connectivity index (χ4n) is 2.31. The number of ether oxygens (including phenoxy) is 1. The molecule has 1 heterocycles. The van der Waals surface area contributed by atoms with E-state index < -0.39 is 0 Å². The van der Waals surface area contributed by atoms with E-state index >= 15 is 0 Å². The van der Waals surface area contributed by atoms with Crippen LogP contribution < -0.4 is 4.74 Å². The summed E-state index contributed by atoms with van der Waals surface area (Å²) in [5.74, 6) is 0.976. The Labute approximate surface area is 127 Å². The normalized spacial score (nSPS) is 10.6. The molecule has 20 heavy (non-hydrogen) atoms. The number of carbonyl (C=O) groups excluding carboxylic acids is 1. The number of aryl methyl sites for hydroxylation is 1. The van der Waals surface area contributed by atoms with Crippen molar-refractivity contribution in [3.8, 4) is 5.75 Å². The molecule has 0 aliphatic rings. The summed E-state index contributed by atoms with van der Waals surface area (Å²) < 4.78 is 7.32. The van der Waals surface area contributed by atoms with Crippen molar-refractivity contribution < 1.29 is 9.53 Å². The van der Waals surface area contributed by atoms with Crippen LogP contribution in [0.2, 0.25) is 0 Å². The van der Waals surface area contributed by atoms with Gasteiger partial charge in [0.25, 0.3) is 0 Å². The molecule has 0 aliphatic carbocycles. The second kappa shape index (κ2) is 6.27. The zero-order valence-corrected chi connectivity index (χ0v) is 13.5. The molecule has 0 radical (unpaired) electrons. The second-order valence-corrected chi connectivity index (χ2v) is 5.34. The predicted molar refractivity (Wildman–Crippen MR) is 84.1 cm³/mol. The third-order valence-corrected chi connectivity index (χ3v) is 4.00. The molecule has 0 spiro atoms. The van der Waals surface area contributed by atoms with Crippen LogP contribution in [0.15, 0.2) is 30.3 Å². The van der Waals surface area contributed by atoms with E-state index in [-0.39, 0.29) is 5.78 Å². The minimum atomic E-state index is 0.124. The number of Topliss-reactive ketones (excluding diaryl/α,β-unsaturated/α-hetero) is 1. The first-order valence-corrected chi connectivity index (χ1v) is 7.57. The molecular weight excluding hydrogens is 318 g/mol. The summed E-state index contributed by atoms with van der Waals surface area (Å²) in [5.41, 5.74) is 4.10.